The van der Waals surface area contributed by atoms with Gasteiger partial charge in [-0.05, 0) is 24.3 Å². The van der Waals surface area contributed by atoms with Crippen LogP contribution in [0.2, 0.25) is 5.02 Å². The van der Waals surface area contributed by atoms with Crippen molar-refractivity contribution in [2.24, 2.45) is 0 Å². The average Bonchev–Trinajstić information content (AvgIpc) is 2.80. The highest BCUT2D eigenvalue weighted by atomic mass is 35.5. The van der Waals surface area contributed by atoms with E-state index in [2.05, 4.69) is 9.97 Å². The lowest BCUT2D eigenvalue weighted by Crippen LogP contribution is -1.94. The zero-order valence-electron chi connectivity index (χ0n) is 10.5. The Hall–Kier alpha value is -2.00. The number of hydrogen-bond acceptors (Lipinski definition) is 2. The summed E-state index contributed by atoms with van der Waals surface area (Å²) in [6.45, 7) is 0. The highest BCUT2D eigenvalue weighted by Crippen LogP contribution is 2.22. The van der Waals surface area contributed by atoms with E-state index in [0.29, 0.717) is 11.4 Å². The Balaban J connectivity index is 1.96. The number of aromatic nitrogens is 2. The van der Waals surface area contributed by atoms with E-state index in [1.54, 1.807) is 7.11 Å². The van der Waals surface area contributed by atoms with Crippen molar-refractivity contribution in [3.05, 3.63) is 58.9 Å². The molecule has 19 heavy (non-hydrogen) atoms. The average molecular weight is 273 g/mol. The van der Waals surface area contributed by atoms with Crippen LogP contribution < -0.4 is 4.74 Å². The van der Waals surface area contributed by atoms with E-state index >= 15 is 0 Å². The molecule has 0 fully saturated rings. The van der Waals surface area contributed by atoms with Crippen molar-refractivity contribution >= 4 is 22.6 Å². The minimum absolute atomic E-state index is 0.705. The number of H-pyrrole nitrogens is 1. The summed E-state index contributed by atoms with van der Waals surface area (Å²) >= 11 is 5.97. The number of methoxy groups -OCH3 is 1. The standard InChI is InChI=1S/C15H13ClN2O/c1-19-14-5-3-2-4-10(14)8-15-17-12-7-6-11(16)9-13(12)18-15/h2-7,9H,8H2,1H3,(H,17,18). The molecule has 2 aromatic carbocycles. The molecule has 3 aromatic rings. The first-order valence-corrected chi connectivity index (χ1v) is 6.40. The Kier molecular flexibility index (Phi) is 3.13. The molecule has 0 aliphatic carbocycles. The fraction of sp³-hybridized carbons (Fsp3) is 0.133. The first-order chi connectivity index (χ1) is 9.26. The monoisotopic (exact) mass is 272 g/mol. The van der Waals surface area contributed by atoms with Gasteiger partial charge in [-0.2, -0.15) is 0 Å². The number of para-hydroxylation sites is 1. The molecule has 0 amide bonds. The lowest BCUT2D eigenvalue weighted by molar-refractivity contribution is 0.410. The molecule has 96 valence electrons. The Labute approximate surface area is 116 Å². The predicted octanol–water partition coefficient (Wildman–Crippen LogP) is 3.82. The number of imidazole rings is 1. The molecule has 0 saturated heterocycles. The highest BCUT2D eigenvalue weighted by molar-refractivity contribution is 6.31. The van der Waals surface area contributed by atoms with Crippen LogP contribution in [-0.2, 0) is 6.42 Å². The smallest absolute Gasteiger partial charge is 0.122 e. The zero-order chi connectivity index (χ0) is 13.2. The lowest BCUT2D eigenvalue weighted by atomic mass is 10.1. The zero-order valence-corrected chi connectivity index (χ0v) is 11.2. The van der Waals surface area contributed by atoms with Gasteiger partial charge in [0.2, 0.25) is 0 Å². The topological polar surface area (TPSA) is 37.9 Å². The van der Waals surface area contributed by atoms with E-state index < -0.39 is 0 Å². The van der Waals surface area contributed by atoms with Gasteiger partial charge in [-0.3, -0.25) is 0 Å². The van der Waals surface area contributed by atoms with Crippen molar-refractivity contribution in [2.75, 3.05) is 7.11 Å². The van der Waals surface area contributed by atoms with Gasteiger partial charge in [0.1, 0.15) is 11.6 Å². The van der Waals surface area contributed by atoms with Gasteiger partial charge in [0.05, 0.1) is 18.1 Å². The van der Waals surface area contributed by atoms with E-state index in [1.165, 1.54) is 0 Å². The fourth-order valence-corrected chi connectivity index (χ4v) is 2.32. The third-order valence-corrected chi connectivity index (χ3v) is 3.28. The summed E-state index contributed by atoms with van der Waals surface area (Å²) in [5.74, 6) is 1.78. The largest absolute Gasteiger partial charge is 0.496 e. The van der Waals surface area contributed by atoms with Crippen molar-refractivity contribution in [2.45, 2.75) is 6.42 Å². The minimum Gasteiger partial charge on any atom is -0.496 e. The third-order valence-electron chi connectivity index (χ3n) is 3.04. The second-order valence-electron chi connectivity index (χ2n) is 4.33. The van der Waals surface area contributed by atoms with E-state index in [-0.39, 0.29) is 0 Å². The normalized spacial score (nSPS) is 10.8. The van der Waals surface area contributed by atoms with Crippen molar-refractivity contribution in [1.29, 1.82) is 0 Å². The number of ether oxygens (including phenoxy) is 1. The number of hydrogen-bond donors (Lipinski definition) is 1. The molecule has 0 unspecified atom stereocenters. The van der Waals surface area contributed by atoms with E-state index in [1.807, 2.05) is 42.5 Å². The molecular weight excluding hydrogens is 260 g/mol. The van der Waals surface area contributed by atoms with Crippen LogP contribution in [-0.4, -0.2) is 17.1 Å². The Morgan fingerprint density at radius 2 is 2.05 bits per heavy atom. The Bertz CT molecular complexity index is 721. The number of nitrogens with one attached hydrogen (secondary N) is 1. The van der Waals surface area contributed by atoms with Crippen LogP contribution in [0.5, 0.6) is 5.75 Å². The molecule has 0 bridgehead atoms. The van der Waals surface area contributed by atoms with Crippen LogP contribution in [0.3, 0.4) is 0 Å². The molecule has 3 nitrogen and oxygen atoms in total. The predicted molar refractivity (Wildman–Crippen MR) is 76.9 cm³/mol. The highest BCUT2D eigenvalue weighted by Gasteiger charge is 2.07. The number of aromatic amines is 1. The van der Waals surface area contributed by atoms with Gasteiger partial charge in [-0.25, -0.2) is 4.98 Å². The molecule has 4 heteroatoms. The second kappa shape index (κ2) is 4.94. The van der Waals surface area contributed by atoms with Crippen LogP contribution in [0.4, 0.5) is 0 Å². The number of nitrogens with zero attached hydrogens (tertiary/aromatic N) is 1. The van der Waals surface area contributed by atoms with Crippen LogP contribution >= 0.6 is 11.6 Å². The van der Waals surface area contributed by atoms with Crippen molar-refractivity contribution in [1.82, 2.24) is 9.97 Å². The van der Waals surface area contributed by atoms with Gasteiger partial charge in [0.25, 0.3) is 0 Å². The molecule has 0 aliphatic heterocycles. The summed E-state index contributed by atoms with van der Waals surface area (Å²) in [5.41, 5.74) is 2.99. The lowest BCUT2D eigenvalue weighted by Gasteiger charge is -2.05. The van der Waals surface area contributed by atoms with Gasteiger partial charge >= 0.3 is 0 Å². The summed E-state index contributed by atoms with van der Waals surface area (Å²) in [6.07, 6.45) is 0.705. The van der Waals surface area contributed by atoms with Gasteiger partial charge in [0, 0.05) is 17.0 Å². The number of halogens is 1. The SMILES string of the molecule is COc1ccccc1Cc1nc2ccc(Cl)cc2[nH]1. The first kappa shape index (κ1) is 12.1. The molecule has 0 saturated carbocycles. The van der Waals surface area contributed by atoms with Gasteiger partial charge in [-0.15, -0.1) is 0 Å². The van der Waals surface area contributed by atoms with Crippen LogP contribution in [0.15, 0.2) is 42.5 Å². The van der Waals surface area contributed by atoms with Crippen molar-refractivity contribution in [3.8, 4) is 5.75 Å². The maximum absolute atomic E-state index is 5.97. The molecular formula is C15H13ClN2O. The summed E-state index contributed by atoms with van der Waals surface area (Å²) in [6, 6.07) is 13.6. The van der Waals surface area contributed by atoms with Crippen LogP contribution in [0, 0.1) is 0 Å². The Morgan fingerprint density at radius 1 is 1.21 bits per heavy atom. The van der Waals surface area contributed by atoms with E-state index in [4.69, 9.17) is 16.3 Å². The maximum Gasteiger partial charge on any atom is 0.122 e. The summed E-state index contributed by atoms with van der Waals surface area (Å²) in [7, 11) is 1.68. The fourth-order valence-electron chi connectivity index (χ4n) is 2.15. The Morgan fingerprint density at radius 3 is 2.89 bits per heavy atom. The number of fused-ring (bicyclic) bond motifs is 1. The molecule has 0 atom stereocenters. The molecule has 0 radical (unpaired) electrons. The molecule has 1 heterocycles. The quantitative estimate of drug-likeness (QED) is 0.787. The van der Waals surface area contributed by atoms with E-state index in [9.17, 15) is 0 Å². The van der Waals surface area contributed by atoms with Crippen molar-refractivity contribution < 1.29 is 4.74 Å². The number of benzene rings is 2. The molecule has 1 aromatic heterocycles. The molecule has 1 N–H and O–H groups in total. The molecule has 0 spiro atoms. The van der Waals surface area contributed by atoms with Crippen LogP contribution in [0.1, 0.15) is 11.4 Å². The maximum atomic E-state index is 5.97. The first-order valence-electron chi connectivity index (χ1n) is 6.02. The second-order valence-corrected chi connectivity index (χ2v) is 4.77. The minimum atomic E-state index is 0.705. The van der Waals surface area contributed by atoms with Gasteiger partial charge in [-0.1, -0.05) is 29.8 Å². The summed E-state index contributed by atoms with van der Waals surface area (Å²) in [4.78, 5) is 7.84. The summed E-state index contributed by atoms with van der Waals surface area (Å²) in [5, 5.41) is 0.708. The summed E-state index contributed by atoms with van der Waals surface area (Å²) < 4.78 is 5.35. The van der Waals surface area contributed by atoms with Crippen LogP contribution in [0.25, 0.3) is 11.0 Å². The molecule has 0 aliphatic rings. The van der Waals surface area contributed by atoms with E-state index in [0.717, 1.165) is 28.2 Å². The number of rotatable bonds is 3. The molecule has 3 rings (SSSR count). The van der Waals surface area contributed by atoms with Gasteiger partial charge < -0.3 is 9.72 Å². The van der Waals surface area contributed by atoms with Crippen molar-refractivity contribution in [3.63, 3.8) is 0 Å². The third kappa shape index (κ3) is 2.42. The van der Waals surface area contributed by atoms with Gasteiger partial charge in [0.15, 0.2) is 0 Å².